The van der Waals surface area contributed by atoms with Crippen LogP contribution in [0.1, 0.15) is 41.3 Å². The van der Waals surface area contributed by atoms with E-state index >= 15 is 0 Å². The highest BCUT2D eigenvalue weighted by Crippen LogP contribution is 2.25. The molecule has 0 fully saturated rings. The summed E-state index contributed by atoms with van der Waals surface area (Å²) in [5.41, 5.74) is 0.857. The summed E-state index contributed by atoms with van der Waals surface area (Å²) >= 11 is 0. The number of rotatable bonds is 9. The zero-order chi connectivity index (χ0) is 19.9. The van der Waals surface area contributed by atoms with E-state index < -0.39 is 6.10 Å². The van der Waals surface area contributed by atoms with Crippen molar-refractivity contribution in [1.82, 2.24) is 20.3 Å². The molecule has 0 aliphatic heterocycles. The number of nitrogens with one attached hydrogen (secondary N) is 1. The van der Waals surface area contributed by atoms with Gasteiger partial charge in [0.25, 0.3) is 5.91 Å². The molecule has 2 aromatic heterocycles. The van der Waals surface area contributed by atoms with E-state index in [9.17, 15) is 9.90 Å². The minimum atomic E-state index is -0.832. The number of nitrogens with zero attached hydrogens (tertiary/aromatic N) is 3. The van der Waals surface area contributed by atoms with Gasteiger partial charge in [-0.1, -0.05) is 23.4 Å². The molecule has 148 valence electrons. The standard InChI is InChI=1S/C20H24N4O4/c1-14(9-10-15-6-5-11-28-15)21-20(26)17-12-24(23-22-17)13-18(25)16-7-3-4-8-19(16)27-2/h3-8,11-12,14,18,25H,9-10,13H2,1-2H3,(H,21,26)/t14-,18-/m0/s1. The number of amides is 1. The number of hydrogen-bond donors (Lipinski definition) is 2. The fourth-order valence-electron chi connectivity index (χ4n) is 2.89. The van der Waals surface area contributed by atoms with E-state index in [1.54, 1.807) is 25.5 Å². The Morgan fingerprint density at radius 1 is 1.32 bits per heavy atom. The van der Waals surface area contributed by atoms with Crippen molar-refractivity contribution < 1.29 is 19.1 Å². The highest BCUT2D eigenvalue weighted by atomic mass is 16.5. The van der Waals surface area contributed by atoms with Crippen LogP contribution >= 0.6 is 0 Å². The Hall–Kier alpha value is -3.13. The molecule has 8 heteroatoms. The fraction of sp³-hybridized carbons (Fsp3) is 0.350. The van der Waals surface area contributed by atoms with Crippen molar-refractivity contribution in [1.29, 1.82) is 0 Å². The summed E-state index contributed by atoms with van der Waals surface area (Å²) in [6, 6.07) is 10.9. The van der Waals surface area contributed by atoms with Crippen LogP contribution in [0.3, 0.4) is 0 Å². The lowest BCUT2D eigenvalue weighted by Crippen LogP contribution is -2.33. The SMILES string of the molecule is COc1ccccc1[C@@H](O)Cn1cc(C(=O)N[C@@H](C)CCc2ccco2)nn1. The van der Waals surface area contributed by atoms with Crippen LogP contribution in [0.4, 0.5) is 0 Å². The smallest absolute Gasteiger partial charge is 0.273 e. The number of furan rings is 1. The lowest BCUT2D eigenvalue weighted by Gasteiger charge is -2.14. The van der Waals surface area contributed by atoms with Gasteiger partial charge in [0.05, 0.1) is 26.1 Å². The van der Waals surface area contributed by atoms with Crippen LogP contribution in [0.25, 0.3) is 0 Å². The fourth-order valence-corrected chi connectivity index (χ4v) is 2.89. The molecule has 8 nitrogen and oxygen atoms in total. The van der Waals surface area contributed by atoms with Crippen molar-refractivity contribution in [3.63, 3.8) is 0 Å². The van der Waals surface area contributed by atoms with Crippen LogP contribution in [0.15, 0.2) is 53.3 Å². The monoisotopic (exact) mass is 384 g/mol. The molecule has 0 spiro atoms. The van der Waals surface area contributed by atoms with Crippen LogP contribution in [-0.2, 0) is 13.0 Å². The quantitative estimate of drug-likeness (QED) is 0.587. The number of methoxy groups -OCH3 is 1. The number of aryl methyl sites for hydroxylation is 1. The topological polar surface area (TPSA) is 102 Å². The second-order valence-corrected chi connectivity index (χ2v) is 6.58. The van der Waals surface area contributed by atoms with Gasteiger partial charge in [0.2, 0.25) is 0 Å². The third kappa shape index (κ3) is 4.98. The average Bonchev–Trinajstić information content (AvgIpc) is 3.38. The number of aliphatic hydroxyl groups is 1. The Bertz CT molecular complexity index is 891. The third-order valence-corrected chi connectivity index (χ3v) is 4.41. The molecule has 2 N–H and O–H groups in total. The molecule has 3 rings (SSSR count). The summed E-state index contributed by atoms with van der Waals surface area (Å²) < 4.78 is 12.0. The van der Waals surface area contributed by atoms with Crippen LogP contribution < -0.4 is 10.1 Å². The Balaban J connectivity index is 1.54. The molecule has 3 aromatic rings. The van der Waals surface area contributed by atoms with Gasteiger partial charge in [-0.2, -0.15) is 0 Å². The van der Waals surface area contributed by atoms with Crippen molar-refractivity contribution in [3.8, 4) is 5.75 Å². The lowest BCUT2D eigenvalue weighted by molar-refractivity contribution is 0.0932. The summed E-state index contributed by atoms with van der Waals surface area (Å²) in [6.07, 6.45) is 3.82. The normalized spacial score (nSPS) is 13.1. The Labute approximate surface area is 163 Å². The van der Waals surface area contributed by atoms with E-state index in [4.69, 9.17) is 9.15 Å². The first-order valence-electron chi connectivity index (χ1n) is 9.11. The van der Waals surface area contributed by atoms with E-state index in [1.807, 2.05) is 31.2 Å². The zero-order valence-electron chi connectivity index (χ0n) is 15.9. The predicted octanol–water partition coefficient (Wildman–Crippen LogP) is 2.36. The Morgan fingerprint density at radius 2 is 2.14 bits per heavy atom. The van der Waals surface area contributed by atoms with Gasteiger partial charge in [-0.3, -0.25) is 4.79 Å². The number of benzene rings is 1. The number of aliphatic hydroxyl groups excluding tert-OH is 1. The Kier molecular flexibility index (Phi) is 6.44. The first kappa shape index (κ1) is 19.6. The maximum Gasteiger partial charge on any atom is 0.273 e. The second kappa shape index (κ2) is 9.18. The van der Waals surface area contributed by atoms with Gasteiger partial charge in [0.1, 0.15) is 17.6 Å². The number of para-hydroxylation sites is 1. The molecule has 0 aliphatic carbocycles. The van der Waals surface area contributed by atoms with E-state index in [0.717, 1.165) is 18.6 Å². The van der Waals surface area contributed by atoms with E-state index in [1.165, 1.54) is 10.9 Å². The average molecular weight is 384 g/mol. The molecule has 1 aromatic carbocycles. The maximum absolute atomic E-state index is 12.4. The molecule has 28 heavy (non-hydrogen) atoms. The van der Waals surface area contributed by atoms with Crippen LogP contribution in [-0.4, -0.2) is 39.2 Å². The van der Waals surface area contributed by atoms with Crippen molar-refractivity contribution in [3.05, 3.63) is 65.9 Å². The molecular formula is C20H24N4O4. The molecule has 0 saturated carbocycles. The van der Waals surface area contributed by atoms with Crippen molar-refractivity contribution >= 4 is 5.91 Å². The number of hydrogen-bond acceptors (Lipinski definition) is 6. The van der Waals surface area contributed by atoms with E-state index in [2.05, 4.69) is 15.6 Å². The highest BCUT2D eigenvalue weighted by Gasteiger charge is 2.17. The summed E-state index contributed by atoms with van der Waals surface area (Å²) in [6.45, 7) is 2.09. The molecule has 1 amide bonds. The van der Waals surface area contributed by atoms with Crippen LogP contribution in [0.2, 0.25) is 0 Å². The first-order chi connectivity index (χ1) is 13.6. The number of carbonyl (C=O) groups is 1. The molecular weight excluding hydrogens is 360 g/mol. The number of carbonyl (C=O) groups excluding carboxylic acids is 1. The predicted molar refractivity (Wildman–Crippen MR) is 102 cm³/mol. The van der Waals surface area contributed by atoms with Crippen molar-refractivity contribution in [2.45, 2.75) is 38.5 Å². The minimum Gasteiger partial charge on any atom is -0.496 e. The lowest BCUT2D eigenvalue weighted by atomic mass is 10.1. The first-order valence-corrected chi connectivity index (χ1v) is 9.11. The highest BCUT2D eigenvalue weighted by molar-refractivity contribution is 5.92. The Morgan fingerprint density at radius 3 is 2.89 bits per heavy atom. The largest absolute Gasteiger partial charge is 0.496 e. The maximum atomic E-state index is 12.4. The second-order valence-electron chi connectivity index (χ2n) is 6.58. The van der Waals surface area contributed by atoms with Gasteiger partial charge in [-0.25, -0.2) is 4.68 Å². The van der Waals surface area contributed by atoms with Gasteiger partial charge in [-0.05, 0) is 31.5 Å². The van der Waals surface area contributed by atoms with Crippen LogP contribution in [0.5, 0.6) is 5.75 Å². The van der Waals surface area contributed by atoms with Crippen LogP contribution in [0, 0.1) is 0 Å². The summed E-state index contributed by atoms with van der Waals surface area (Å²) in [5, 5.41) is 21.2. The minimum absolute atomic E-state index is 0.0399. The number of ether oxygens (including phenoxy) is 1. The summed E-state index contributed by atoms with van der Waals surface area (Å²) in [7, 11) is 1.55. The molecule has 0 radical (unpaired) electrons. The molecule has 2 heterocycles. The molecule has 0 saturated heterocycles. The van der Waals surface area contributed by atoms with Crippen molar-refractivity contribution in [2.24, 2.45) is 0 Å². The molecule has 0 aliphatic rings. The van der Waals surface area contributed by atoms with Gasteiger partial charge in [0, 0.05) is 18.0 Å². The van der Waals surface area contributed by atoms with Crippen molar-refractivity contribution in [2.75, 3.05) is 7.11 Å². The molecule has 0 unspecified atom stereocenters. The van der Waals surface area contributed by atoms with Gasteiger partial charge < -0.3 is 19.6 Å². The van der Waals surface area contributed by atoms with E-state index in [0.29, 0.717) is 11.3 Å². The summed E-state index contributed by atoms with van der Waals surface area (Å²) in [5.74, 6) is 1.18. The third-order valence-electron chi connectivity index (χ3n) is 4.41. The summed E-state index contributed by atoms with van der Waals surface area (Å²) in [4.78, 5) is 12.4. The molecule has 0 bridgehead atoms. The van der Waals surface area contributed by atoms with Gasteiger partial charge in [0.15, 0.2) is 5.69 Å². The molecule has 2 atom stereocenters. The van der Waals surface area contributed by atoms with Gasteiger partial charge in [-0.15, -0.1) is 5.10 Å². The number of aromatic nitrogens is 3. The van der Waals surface area contributed by atoms with Gasteiger partial charge >= 0.3 is 0 Å². The van der Waals surface area contributed by atoms with E-state index in [-0.39, 0.29) is 24.2 Å². The zero-order valence-corrected chi connectivity index (χ0v) is 15.9.